The quantitative estimate of drug-likeness (QED) is 0.419. The maximum Gasteiger partial charge on any atom is 0.412 e. The number of fused-ring (bicyclic) bond motifs is 1. The zero-order valence-electron chi connectivity index (χ0n) is 17.2. The van der Waals surface area contributed by atoms with Gasteiger partial charge in [-0.15, -0.1) is 0 Å². The highest BCUT2D eigenvalue weighted by Crippen LogP contribution is 2.37. The fourth-order valence-electron chi connectivity index (χ4n) is 3.55. The van der Waals surface area contributed by atoms with Gasteiger partial charge in [0.2, 0.25) is 0 Å². The average molecular weight is 433 g/mol. The minimum absolute atomic E-state index is 0.238. The molecule has 1 amide bonds. The predicted octanol–water partition coefficient (Wildman–Crippen LogP) is 5.93. The summed E-state index contributed by atoms with van der Waals surface area (Å²) in [7, 11) is 0. The molecule has 1 heterocycles. The van der Waals surface area contributed by atoms with Crippen molar-refractivity contribution in [2.75, 3.05) is 6.54 Å². The van der Waals surface area contributed by atoms with Crippen molar-refractivity contribution in [2.24, 2.45) is 0 Å². The molecule has 0 saturated carbocycles. The van der Waals surface area contributed by atoms with Crippen LogP contribution in [-0.2, 0) is 0 Å². The number of carbonyl (C=O) groups is 1. The number of carbonyl (C=O) groups excluding carboxylic acids is 1. The van der Waals surface area contributed by atoms with Crippen LogP contribution in [0.5, 0.6) is 5.75 Å². The third-order valence-corrected chi connectivity index (χ3v) is 5.33. The number of hydrogen-bond acceptors (Lipinski definition) is 3. The number of ether oxygens (including phenoxy) is 1. The summed E-state index contributed by atoms with van der Waals surface area (Å²) >= 11 is 6.02. The second-order valence-corrected chi connectivity index (χ2v) is 7.60. The molecule has 0 saturated heterocycles. The number of halogens is 1. The van der Waals surface area contributed by atoms with Gasteiger partial charge in [-0.1, -0.05) is 48.0 Å². The first-order chi connectivity index (χ1) is 15.0. The van der Waals surface area contributed by atoms with E-state index in [2.05, 4.69) is 10.3 Å². The van der Waals surface area contributed by atoms with Crippen LogP contribution in [0.25, 0.3) is 33.2 Å². The molecule has 2 N–H and O–H groups in total. The smallest absolute Gasteiger partial charge is 0.409 e. The molecule has 0 fully saturated rings. The third-order valence-electron chi connectivity index (χ3n) is 5.07. The van der Waals surface area contributed by atoms with Gasteiger partial charge in [-0.05, 0) is 66.4 Å². The number of aromatic amines is 1. The molecule has 0 radical (unpaired) electrons. The molecule has 31 heavy (non-hydrogen) atoms. The Hall–Kier alpha value is -3.57. The Balaban J connectivity index is 1.96. The summed E-state index contributed by atoms with van der Waals surface area (Å²) in [5, 5.41) is 3.93. The first kappa shape index (κ1) is 20.7. The van der Waals surface area contributed by atoms with E-state index < -0.39 is 6.09 Å². The molecule has 5 nitrogen and oxygen atoms in total. The number of aryl methyl sites for hydroxylation is 1. The van der Waals surface area contributed by atoms with Crippen molar-refractivity contribution in [1.29, 1.82) is 0 Å². The fraction of sp³-hybridized carbons (Fsp3) is 0.120. The molecule has 0 aliphatic carbocycles. The van der Waals surface area contributed by atoms with Crippen LogP contribution in [0.4, 0.5) is 4.79 Å². The summed E-state index contributed by atoms with van der Waals surface area (Å²) in [6.07, 6.45) is -0.606. The van der Waals surface area contributed by atoms with Crippen LogP contribution in [-0.4, -0.2) is 17.6 Å². The van der Waals surface area contributed by atoms with E-state index in [0.29, 0.717) is 33.6 Å². The highest BCUT2D eigenvalue weighted by Gasteiger charge is 2.20. The number of benzene rings is 3. The van der Waals surface area contributed by atoms with Crippen LogP contribution in [0.1, 0.15) is 12.5 Å². The second kappa shape index (κ2) is 8.66. The van der Waals surface area contributed by atoms with Gasteiger partial charge in [-0.3, -0.25) is 4.79 Å². The van der Waals surface area contributed by atoms with Gasteiger partial charge in [-0.25, -0.2) is 4.79 Å². The van der Waals surface area contributed by atoms with Crippen molar-refractivity contribution in [3.63, 3.8) is 0 Å². The highest BCUT2D eigenvalue weighted by atomic mass is 35.5. The zero-order chi connectivity index (χ0) is 22.0. The highest BCUT2D eigenvalue weighted by molar-refractivity contribution is 6.30. The van der Waals surface area contributed by atoms with E-state index in [1.165, 1.54) is 0 Å². The maximum atomic E-state index is 13.2. The van der Waals surface area contributed by atoms with Gasteiger partial charge in [-0.2, -0.15) is 0 Å². The summed E-state index contributed by atoms with van der Waals surface area (Å²) in [6.45, 7) is 4.14. The number of nitrogens with one attached hydrogen (secondary N) is 2. The Bertz CT molecular complexity index is 1330. The van der Waals surface area contributed by atoms with Gasteiger partial charge in [0.1, 0.15) is 0 Å². The lowest BCUT2D eigenvalue weighted by Crippen LogP contribution is -2.27. The predicted molar refractivity (Wildman–Crippen MR) is 125 cm³/mol. The Morgan fingerprint density at radius 2 is 1.74 bits per heavy atom. The van der Waals surface area contributed by atoms with Crippen molar-refractivity contribution in [1.82, 2.24) is 10.3 Å². The number of rotatable bonds is 4. The molecular weight excluding hydrogens is 412 g/mol. The fourth-order valence-corrected chi connectivity index (χ4v) is 3.68. The van der Waals surface area contributed by atoms with E-state index in [0.717, 1.165) is 16.7 Å². The maximum absolute atomic E-state index is 13.2. The van der Waals surface area contributed by atoms with Crippen LogP contribution in [0.2, 0.25) is 5.02 Å². The monoisotopic (exact) mass is 432 g/mol. The first-order valence-corrected chi connectivity index (χ1v) is 10.3. The van der Waals surface area contributed by atoms with Crippen LogP contribution < -0.4 is 15.6 Å². The molecule has 3 aromatic carbocycles. The van der Waals surface area contributed by atoms with Crippen LogP contribution in [0.15, 0.2) is 71.5 Å². The molecule has 0 aliphatic rings. The van der Waals surface area contributed by atoms with E-state index in [1.54, 1.807) is 13.0 Å². The number of pyridine rings is 1. The Labute approximate surface area is 184 Å². The number of amides is 1. The molecule has 6 heteroatoms. The summed E-state index contributed by atoms with van der Waals surface area (Å²) in [4.78, 5) is 28.4. The van der Waals surface area contributed by atoms with Gasteiger partial charge in [0.05, 0.1) is 11.1 Å². The molecule has 0 unspecified atom stereocenters. The van der Waals surface area contributed by atoms with E-state index >= 15 is 0 Å². The molecular formula is C25H21ClN2O3. The molecule has 4 aromatic rings. The molecule has 0 aliphatic heterocycles. The number of aromatic nitrogens is 1. The van der Waals surface area contributed by atoms with Gasteiger partial charge in [0.15, 0.2) is 5.75 Å². The van der Waals surface area contributed by atoms with Gasteiger partial charge >= 0.3 is 6.09 Å². The van der Waals surface area contributed by atoms with Crippen molar-refractivity contribution < 1.29 is 9.53 Å². The molecule has 0 spiro atoms. The summed E-state index contributed by atoms with van der Waals surface area (Å²) in [5.41, 5.74) is 4.07. The van der Waals surface area contributed by atoms with Gasteiger partial charge in [0, 0.05) is 17.0 Å². The molecule has 156 valence electrons. The molecule has 0 bridgehead atoms. The normalized spacial score (nSPS) is 10.8. The van der Waals surface area contributed by atoms with Crippen molar-refractivity contribution in [3.05, 3.63) is 87.7 Å². The Kier molecular flexibility index (Phi) is 5.78. The van der Waals surface area contributed by atoms with Crippen molar-refractivity contribution in [3.8, 4) is 28.0 Å². The standard InChI is InChI=1S/C25H21ClN2O3/c1-3-27-25(30)31-23-19-6-4-5-7-21(19)28-24(29)22(23)20-14-17(9-8-15(20)2)16-10-12-18(26)13-11-16/h4-14H,3H2,1-2H3,(H,27,30)(H,28,29). The Morgan fingerprint density at radius 1 is 1.03 bits per heavy atom. The minimum Gasteiger partial charge on any atom is -0.409 e. The zero-order valence-corrected chi connectivity index (χ0v) is 17.9. The number of para-hydroxylation sites is 1. The number of H-pyrrole nitrogens is 1. The lowest BCUT2D eigenvalue weighted by atomic mass is 9.94. The van der Waals surface area contributed by atoms with Crippen LogP contribution in [0, 0.1) is 6.92 Å². The minimum atomic E-state index is -0.606. The third kappa shape index (κ3) is 4.18. The summed E-state index contributed by atoms with van der Waals surface area (Å²) in [6, 6.07) is 20.6. The second-order valence-electron chi connectivity index (χ2n) is 7.16. The van der Waals surface area contributed by atoms with Gasteiger partial charge < -0.3 is 15.0 Å². The van der Waals surface area contributed by atoms with Crippen molar-refractivity contribution in [2.45, 2.75) is 13.8 Å². The lowest BCUT2D eigenvalue weighted by molar-refractivity contribution is 0.202. The largest absolute Gasteiger partial charge is 0.412 e. The topological polar surface area (TPSA) is 71.2 Å². The SMILES string of the molecule is CCNC(=O)Oc1c(-c2cc(-c3ccc(Cl)cc3)ccc2C)c(=O)[nH]c2ccccc12. The summed E-state index contributed by atoms with van der Waals surface area (Å²) in [5.74, 6) is 0.238. The van der Waals surface area contributed by atoms with Gasteiger partial charge in [0.25, 0.3) is 5.56 Å². The van der Waals surface area contributed by atoms with Crippen molar-refractivity contribution >= 4 is 28.6 Å². The molecule has 4 rings (SSSR count). The lowest BCUT2D eigenvalue weighted by Gasteiger charge is -2.15. The molecule has 0 atom stereocenters. The number of hydrogen-bond donors (Lipinski definition) is 2. The summed E-state index contributed by atoms with van der Waals surface area (Å²) < 4.78 is 5.66. The van der Waals surface area contributed by atoms with Crippen LogP contribution >= 0.6 is 11.6 Å². The van der Waals surface area contributed by atoms with E-state index in [4.69, 9.17) is 16.3 Å². The van der Waals surface area contributed by atoms with E-state index in [9.17, 15) is 9.59 Å². The molecule has 1 aromatic heterocycles. The Morgan fingerprint density at radius 3 is 2.48 bits per heavy atom. The first-order valence-electron chi connectivity index (χ1n) is 9.95. The van der Waals surface area contributed by atoms with E-state index in [-0.39, 0.29) is 11.3 Å². The average Bonchev–Trinajstić information content (AvgIpc) is 2.75. The van der Waals surface area contributed by atoms with Crippen LogP contribution in [0.3, 0.4) is 0 Å². The van der Waals surface area contributed by atoms with E-state index in [1.807, 2.05) is 67.6 Å².